The summed E-state index contributed by atoms with van der Waals surface area (Å²) in [4.78, 5) is 1.28. The molecule has 1 aromatic rings. The smallest absolute Gasteiger partial charge is 0.0417 e. The molecule has 1 heterocycles. The van der Waals surface area contributed by atoms with E-state index in [0.29, 0.717) is 0 Å². The lowest BCUT2D eigenvalue weighted by atomic mass is 10.1. The lowest BCUT2D eigenvalue weighted by Crippen LogP contribution is -2.43. The zero-order valence-corrected chi connectivity index (χ0v) is 8.87. The molecule has 1 nitrogen and oxygen atoms in total. The number of nitrogens with one attached hydrogen (secondary N) is 1. The second-order valence-electron chi connectivity index (χ2n) is 3.29. The van der Waals surface area contributed by atoms with E-state index in [-0.39, 0.29) is 0 Å². The highest BCUT2D eigenvalue weighted by atomic mass is 35.5. The van der Waals surface area contributed by atoms with Crippen LogP contribution in [0.3, 0.4) is 0 Å². The summed E-state index contributed by atoms with van der Waals surface area (Å²) in [7, 11) is 0. The molecule has 0 spiro atoms. The maximum Gasteiger partial charge on any atom is 0.0417 e. The molecule has 0 unspecified atom stereocenters. The molecule has 0 aromatic heterocycles. The topological polar surface area (TPSA) is 12.0 Å². The molecular weight excluding hydrogens is 202 g/mol. The number of halogens is 1. The Morgan fingerprint density at radius 1 is 1.46 bits per heavy atom. The lowest BCUT2D eigenvalue weighted by Gasteiger charge is -2.26. The SMILES string of the molecule is Clc1cccc(SCC2CNC2)c1. The van der Waals surface area contributed by atoms with E-state index < -0.39 is 0 Å². The van der Waals surface area contributed by atoms with Crippen LogP contribution in [0.4, 0.5) is 0 Å². The van der Waals surface area contributed by atoms with Gasteiger partial charge in [-0.15, -0.1) is 11.8 Å². The lowest BCUT2D eigenvalue weighted by molar-refractivity contribution is 0.385. The van der Waals surface area contributed by atoms with E-state index in [1.165, 1.54) is 23.7 Å². The van der Waals surface area contributed by atoms with Gasteiger partial charge in [-0.25, -0.2) is 0 Å². The van der Waals surface area contributed by atoms with E-state index in [1.54, 1.807) is 0 Å². The Morgan fingerprint density at radius 3 is 2.92 bits per heavy atom. The summed E-state index contributed by atoms with van der Waals surface area (Å²) in [5, 5.41) is 4.10. The van der Waals surface area contributed by atoms with Gasteiger partial charge in [0.15, 0.2) is 0 Å². The van der Waals surface area contributed by atoms with Crippen molar-refractivity contribution >= 4 is 23.4 Å². The van der Waals surface area contributed by atoms with Crippen molar-refractivity contribution in [2.45, 2.75) is 4.90 Å². The summed E-state index contributed by atoms with van der Waals surface area (Å²) < 4.78 is 0. The summed E-state index contributed by atoms with van der Waals surface area (Å²) in [5.74, 6) is 2.05. The first kappa shape index (κ1) is 9.38. The van der Waals surface area contributed by atoms with E-state index in [4.69, 9.17) is 11.6 Å². The summed E-state index contributed by atoms with van der Waals surface area (Å²) in [6.07, 6.45) is 0. The molecule has 1 saturated heterocycles. The van der Waals surface area contributed by atoms with Gasteiger partial charge < -0.3 is 5.32 Å². The van der Waals surface area contributed by atoms with Gasteiger partial charge in [-0.1, -0.05) is 17.7 Å². The number of hydrogen-bond acceptors (Lipinski definition) is 2. The molecular formula is C10H12ClNS. The van der Waals surface area contributed by atoms with Gasteiger partial charge in [-0.05, 0) is 37.2 Å². The quantitative estimate of drug-likeness (QED) is 0.775. The van der Waals surface area contributed by atoms with Crippen LogP contribution >= 0.6 is 23.4 Å². The maximum absolute atomic E-state index is 5.88. The molecule has 1 aromatic carbocycles. The number of benzene rings is 1. The van der Waals surface area contributed by atoms with Crippen molar-refractivity contribution in [2.75, 3.05) is 18.8 Å². The Balaban J connectivity index is 1.86. The molecule has 0 aliphatic carbocycles. The second kappa shape index (κ2) is 4.36. The van der Waals surface area contributed by atoms with Crippen molar-refractivity contribution in [3.63, 3.8) is 0 Å². The Bertz CT molecular complexity index is 286. The van der Waals surface area contributed by atoms with Crippen molar-refractivity contribution in [3.8, 4) is 0 Å². The zero-order valence-electron chi connectivity index (χ0n) is 7.29. The molecule has 0 saturated carbocycles. The second-order valence-corrected chi connectivity index (χ2v) is 4.82. The molecule has 3 heteroatoms. The van der Waals surface area contributed by atoms with Gasteiger partial charge in [-0.3, -0.25) is 0 Å². The molecule has 0 atom stereocenters. The van der Waals surface area contributed by atoms with Crippen molar-refractivity contribution in [3.05, 3.63) is 29.3 Å². The number of hydrogen-bond donors (Lipinski definition) is 1. The highest BCUT2D eigenvalue weighted by molar-refractivity contribution is 7.99. The van der Waals surface area contributed by atoms with Gasteiger partial charge in [0.05, 0.1) is 0 Å². The molecule has 0 bridgehead atoms. The molecule has 1 aliphatic rings. The van der Waals surface area contributed by atoms with E-state index in [1.807, 2.05) is 30.0 Å². The van der Waals surface area contributed by atoms with E-state index in [9.17, 15) is 0 Å². The Labute approximate surface area is 87.9 Å². The average molecular weight is 214 g/mol. The van der Waals surface area contributed by atoms with Crippen LogP contribution in [0.1, 0.15) is 0 Å². The third-order valence-corrected chi connectivity index (χ3v) is 3.61. The fraction of sp³-hybridized carbons (Fsp3) is 0.400. The predicted octanol–water partition coefficient (Wildman–Crippen LogP) is 2.65. The molecule has 1 fully saturated rings. The van der Waals surface area contributed by atoms with Crippen LogP contribution in [0.15, 0.2) is 29.2 Å². The number of thioether (sulfide) groups is 1. The Hall–Kier alpha value is -0.180. The molecule has 1 aliphatic heterocycles. The molecule has 0 amide bonds. The summed E-state index contributed by atoms with van der Waals surface area (Å²) >= 11 is 7.78. The minimum absolute atomic E-state index is 0.830. The van der Waals surface area contributed by atoms with Crippen LogP contribution in [-0.2, 0) is 0 Å². The third-order valence-electron chi connectivity index (χ3n) is 2.15. The molecule has 2 rings (SSSR count). The average Bonchev–Trinajstić information content (AvgIpc) is 2.01. The van der Waals surface area contributed by atoms with E-state index in [0.717, 1.165) is 10.9 Å². The van der Waals surface area contributed by atoms with Crippen LogP contribution in [-0.4, -0.2) is 18.8 Å². The Morgan fingerprint density at radius 2 is 2.31 bits per heavy atom. The minimum atomic E-state index is 0.830. The monoisotopic (exact) mass is 213 g/mol. The van der Waals surface area contributed by atoms with Gasteiger partial charge in [0.1, 0.15) is 0 Å². The van der Waals surface area contributed by atoms with Crippen LogP contribution in [0.5, 0.6) is 0 Å². The maximum atomic E-state index is 5.88. The van der Waals surface area contributed by atoms with E-state index in [2.05, 4.69) is 11.4 Å². The largest absolute Gasteiger partial charge is 0.316 e. The number of rotatable bonds is 3. The van der Waals surface area contributed by atoms with Gasteiger partial charge in [0.25, 0.3) is 0 Å². The van der Waals surface area contributed by atoms with E-state index >= 15 is 0 Å². The predicted molar refractivity (Wildman–Crippen MR) is 58.5 cm³/mol. The fourth-order valence-corrected chi connectivity index (χ4v) is 2.54. The highest BCUT2D eigenvalue weighted by Crippen LogP contribution is 2.24. The van der Waals surface area contributed by atoms with Crippen LogP contribution < -0.4 is 5.32 Å². The van der Waals surface area contributed by atoms with Gasteiger partial charge in [0, 0.05) is 15.7 Å². The minimum Gasteiger partial charge on any atom is -0.316 e. The third kappa shape index (κ3) is 2.63. The van der Waals surface area contributed by atoms with Crippen LogP contribution in [0.25, 0.3) is 0 Å². The van der Waals surface area contributed by atoms with Crippen molar-refractivity contribution < 1.29 is 0 Å². The van der Waals surface area contributed by atoms with Crippen molar-refractivity contribution in [1.82, 2.24) is 5.32 Å². The first-order valence-electron chi connectivity index (χ1n) is 4.44. The van der Waals surface area contributed by atoms with Gasteiger partial charge in [0.2, 0.25) is 0 Å². The fourth-order valence-electron chi connectivity index (χ4n) is 1.24. The summed E-state index contributed by atoms with van der Waals surface area (Å²) in [5.41, 5.74) is 0. The molecule has 13 heavy (non-hydrogen) atoms. The highest BCUT2D eigenvalue weighted by Gasteiger charge is 2.16. The Kier molecular flexibility index (Phi) is 3.14. The van der Waals surface area contributed by atoms with Crippen LogP contribution in [0.2, 0.25) is 5.02 Å². The standard InChI is InChI=1S/C10H12ClNS/c11-9-2-1-3-10(4-9)13-7-8-5-12-6-8/h1-4,8,12H,5-7H2. The van der Waals surface area contributed by atoms with Crippen molar-refractivity contribution in [1.29, 1.82) is 0 Å². The van der Waals surface area contributed by atoms with Crippen molar-refractivity contribution in [2.24, 2.45) is 5.92 Å². The summed E-state index contributed by atoms with van der Waals surface area (Å²) in [6.45, 7) is 2.35. The van der Waals surface area contributed by atoms with Crippen LogP contribution in [0, 0.1) is 5.92 Å². The normalized spacial score (nSPS) is 17.0. The summed E-state index contributed by atoms with van der Waals surface area (Å²) in [6, 6.07) is 8.06. The van der Waals surface area contributed by atoms with Gasteiger partial charge in [-0.2, -0.15) is 0 Å². The first-order valence-corrected chi connectivity index (χ1v) is 5.80. The molecule has 70 valence electrons. The zero-order chi connectivity index (χ0) is 9.10. The molecule has 1 N–H and O–H groups in total. The first-order chi connectivity index (χ1) is 6.34. The van der Waals surface area contributed by atoms with Gasteiger partial charge >= 0.3 is 0 Å². The molecule has 0 radical (unpaired) electrons.